The fraction of sp³-hybridized carbons (Fsp3) is 1.00. The van der Waals surface area contributed by atoms with Crippen LogP contribution in [0.25, 0.3) is 0 Å². The zero-order chi connectivity index (χ0) is 12.6. The Morgan fingerprint density at radius 3 is 2.06 bits per heavy atom. The lowest BCUT2D eigenvalue weighted by Gasteiger charge is -2.30. The van der Waals surface area contributed by atoms with Crippen LogP contribution in [-0.2, 0) is 0 Å². The van der Waals surface area contributed by atoms with Crippen molar-refractivity contribution in [2.24, 2.45) is 17.8 Å². The van der Waals surface area contributed by atoms with Gasteiger partial charge in [0.05, 0.1) is 0 Å². The molecule has 0 saturated heterocycles. The van der Waals surface area contributed by atoms with Crippen molar-refractivity contribution in [3.63, 3.8) is 0 Å². The average Bonchev–Trinajstić information content (AvgIpc) is 2.24. The lowest BCUT2D eigenvalue weighted by Crippen LogP contribution is -2.24. The summed E-state index contributed by atoms with van der Waals surface area (Å²) in [5.74, 6) is 2.46. The summed E-state index contributed by atoms with van der Waals surface area (Å²) < 4.78 is 0. The van der Waals surface area contributed by atoms with Crippen LogP contribution in [0.1, 0.15) is 73.1 Å². The van der Waals surface area contributed by atoms with E-state index in [4.69, 9.17) is 12.6 Å². The van der Waals surface area contributed by atoms with Gasteiger partial charge in [-0.05, 0) is 30.6 Å². The molecule has 0 aromatic carbocycles. The third-order valence-corrected chi connectivity index (χ3v) is 4.40. The van der Waals surface area contributed by atoms with E-state index in [1.165, 1.54) is 38.5 Å². The maximum atomic E-state index is 4.78. The smallest absolute Gasteiger partial charge is 0.00451 e. The molecule has 0 radical (unpaired) electrons. The van der Waals surface area contributed by atoms with Gasteiger partial charge in [0.15, 0.2) is 0 Å². The van der Waals surface area contributed by atoms with Gasteiger partial charge in [0.1, 0.15) is 0 Å². The van der Waals surface area contributed by atoms with Crippen LogP contribution >= 0.6 is 12.6 Å². The Morgan fingerprint density at radius 1 is 1.00 bits per heavy atom. The summed E-state index contributed by atoms with van der Waals surface area (Å²) in [6, 6.07) is 0. The summed E-state index contributed by atoms with van der Waals surface area (Å²) in [4.78, 5) is 0. The third kappa shape index (κ3) is 6.83. The van der Waals surface area contributed by atoms with E-state index in [2.05, 4.69) is 34.6 Å². The summed E-state index contributed by atoms with van der Waals surface area (Å²) in [5.41, 5.74) is 0. The van der Waals surface area contributed by atoms with Crippen LogP contribution in [-0.4, -0.2) is 5.25 Å². The van der Waals surface area contributed by atoms with E-state index in [-0.39, 0.29) is 0 Å². The van der Waals surface area contributed by atoms with Crippen molar-refractivity contribution in [1.29, 1.82) is 0 Å². The molecule has 0 N–H and O–H groups in total. The van der Waals surface area contributed by atoms with Gasteiger partial charge in [0.2, 0.25) is 0 Å². The van der Waals surface area contributed by atoms with Gasteiger partial charge in [-0.3, -0.25) is 0 Å². The molecule has 0 bridgehead atoms. The average molecular weight is 244 g/mol. The van der Waals surface area contributed by atoms with E-state index in [0.717, 1.165) is 17.8 Å². The van der Waals surface area contributed by atoms with Crippen LogP contribution in [0.4, 0.5) is 0 Å². The Hall–Kier alpha value is 0.350. The minimum absolute atomic E-state index is 0.596. The van der Waals surface area contributed by atoms with Gasteiger partial charge in [-0.1, -0.05) is 60.3 Å². The first-order valence-electron chi connectivity index (χ1n) is 7.20. The monoisotopic (exact) mass is 244 g/mol. The molecule has 3 atom stereocenters. The molecule has 3 unspecified atom stereocenters. The van der Waals surface area contributed by atoms with Gasteiger partial charge in [-0.15, -0.1) is 0 Å². The maximum Gasteiger partial charge on any atom is 0.00451 e. The standard InChI is InChI=1S/C15H32S/c1-6-8-9-10-13(5)14(11-12(3)4)15(16)7-2/h12-16H,6-11H2,1-5H3. The van der Waals surface area contributed by atoms with Crippen molar-refractivity contribution >= 4 is 12.6 Å². The number of thiol groups is 1. The van der Waals surface area contributed by atoms with Crippen LogP contribution in [0.15, 0.2) is 0 Å². The molecule has 0 nitrogen and oxygen atoms in total. The lowest BCUT2D eigenvalue weighted by molar-refractivity contribution is 0.269. The van der Waals surface area contributed by atoms with E-state index in [9.17, 15) is 0 Å². The van der Waals surface area contributed by atoms with E-state index in [1.54, 1.807) is 0 Å². The highest BCUT2D eigenvalue weighted by molar-refractivity contribution is 7.81. The first kappa shape index (κ1) is 16.4. The molecule has 0 heterocycles. The quantitative estimate of drug-likeness (QED) is 0.397. The van der Waals surface area contributed by atoms with Gasteiger partial charge in [0.25, 0.3) is 0 Å². The molecule has 0 rings (SSSR count). The number of rotatable bonds is 9. The summed E-state index contributed by atoms with van der Waals surface area (Å²) in [7, 11) is 0. The van der Waals surface area contributed by atoms with Crippen molar-refractivity contribution in [1.82, 2.24) is 0 Å². The predicted octanol–water partition coefficient (Wildman–Crippen LogP) is 5.57. The largest absolute Gasteiger partial charge is 0.176 e. The lowest BCUT2D eigenvalue weighted by atomic mass is 9.80. The van der Waals surface area contributed by atoms with Crippen LogP contribution in [0, 0.1) is 17.8 Å². The van der Waals surface area contributed by atoms with Crippen LogP contribution in [0.3, 0.4) is 0 Å². The fourth-order valence-corrected chi connectivity index (χ4v) is 2.96. The van der Waals surface area contributed by atoms with Crippen LogP contribution in [0.2, 0.25) is 0 Å². The zero-order valence-electron chi connectivity index (χ0n) is 12.0. The molecule has 0 spiro atoms. The summed E-state index contributed by atoms with van der Waals surface area (Å²) in [5, 5.41) is 0.596. The molecule has 0 aliphatic rings. The molecule has 0 aromatic heterocycles. The second-order valence-electron chi connectivity index (χ2n) is 5.74. The van der Waals surface area contributed by atoms with Crippen molar-refractivity contribution in [3.8, 4) is 0 Å². The molecular formula is C15H32S. The number of hydrogen-bond acceptors (Lipinski definition) is 1. The maximum absolute atomic E-state index is 4.78. The molecule has 98 valence electrons. The highest BCUT2D eigenvalue weighted by Gasteiger charge is 2.23. The molecule has 0 saturated carbocycles. The Morgan fingerprint density at radius 2 is 1.62 bits per heavy atom. The Bertz CT molecular complexity index is 154. The van der Waals surface area contributed by atoms with Gasteiger partial charge in [0, 0.05) is 5.25 Å². The highest BCUT2D eigenvalue weighted by atomic mass is 32.1. The minimum atomic E-state index is 0.596. The minimum Gasteiger partial charge on any atom is -0.176 e. The fourth-order valence-electron chi connectivity index (χ4n) is 2.55. The van der Waals surface area contributed by atoms with E-state index in [0.29, 0.717) is 5.25 Å². The molecule has 0 amide bonds. The highest BCUT2D eigenvalue weighted by Crippen LogP contribution is 2.31. The normalized spacial score (nSPS) is 17.4. The number of hydrogen-bond donors (Lipinski definition) is 1. The SMILES string of the molecule is CCCCCC(C)C(CC(C)C)C(S)CC. The molecule has 0 fully saturated rings. The zero-order valence-corrected chi connectivity index (χ0v) is 12.9. The second-order valence-corrected chi connectivity index (χ2v) is 6.41. The van der Waals surface area contributed by atoms with Crippen molar-refractivity contribution in [3.05, 3.63) is 0 Å². The molecule has 0 aliphatic heterocycles. The van der Waals surface area contributed by atoms with Gasteiger partial charge in [-0.25, -0.2) is 0 Å². The summed E-state index contributed by atoms with van der Waals surface area (Å²) in [6.07, 6.45) is 8.06. The molecule has 0 aromatic rings. The molecule has 1 heteroatoms. The second kappa shape index (κ2) is 9.39. The predicted molar refractivity (Wildman–Crippen MR) is 79.3 cm³/mol. The Kier molecular flexibility index (Phi) is 9.59. The topological polar surface area (TPSA) is 0 Å². The summed E-state index contributed by atoms with van der Waals surface area (Å²) in [6.45, 7) is 11.7. The van der Waals surface area contributed by atoms with Gasteiger partial charge >= 0.3 is 0 Å². The molecule has 0 aliphatic carbocycles. The van der Waals surface area contributed by atoms with Crippen molar-refractivity contribution in [2.75, 3.05) is 0 Å². The Balaban J connectivity index is 4.14. The van der Waals surface area contributed by atoms with E-state index in [1.807, 2.05) is 0 Å². The first-order chi connectivity index (χ1) is 7.52. The van der Waals surface area contributed by atoms with Gasteiger partial charge in [-0.2, -0.15) is 12.6 Å². The van der Waals surface area contributed by atoms with E-state index < -0.39 is 0 Å². The van der Waals surface area contributed by atoms with E-state index >= 15 is 0 Å². The third-order valence-electron chi connectivity index (χ3n) is 3.65. The van der Waals surface area contributed by atoms with Crippen LogP contribution < -0.4 is 0 Å². The first-order valence-corrected chi connectivity index (χ1v) is 7.72. The van der Waals surface area contributed by atoms with Crippen molar-refractivity contribution < 1.29 is 0 Å². The molecular weight excluding hydrogens is 212 g/mol. The Labute approximate surface area is 109 Å². The summed E-state index contributed by atoms with van der Waals surface area (Å²) >= 11 is 4.78. The van der Waals surface area contributed by atoms with Crippen molar-refractivity contribution in [2.45, 2.75) is 78.4 Å². The molecule has 16 heavy (non-hydrogen) atoms. The van der Waals surface area contributed by atoms with Crippen LogP contribution in [0.5, 0.6) is 0 Å². The van der Waals surface area contributed by atoms with Gasteiger partial charge < -0.3 is 0 Å². The number of unbranched alkanes of at least 4 members (excludes halogenated alkanes) is 2.